The topological polar surface area (TPSA) is 51.0 Å². The van der Waals surface area contributed by atoms with Crippen LogP contribution in [0.25, 0.3) is 0 Å². The average molecular weight is 302 g/mol. The molecule has 1 aliphatic rings. The summed E-state index contributed by atoms with van der Waals surface area (Å²) in [6.07, 6.45) is 5.26. The zero-order chi connectivity index (χ0) is 15.5. The summed E-state index contributed by atoms with van der Waals surface area (Å²) in [5.74, 6) is -0.125. The summed E-state index contributed by atoms with van der Waals surface area (Å²) in [6, 6.07) is 4.84. The van der Waals surface area contributed by atoms with Crippen molar-refractivity contribution in [1.82, 2.24) is 14.8 Å². The fourth-order valence-corrected chi connectivity index (χ4v) is 3.07. The molecule has 2 heterocycles. The number of anilines is 1. The number of benzene rings is 1. The number of halogens is 1. The minimum absolute atomic E-state index is 0.206. The van der Waals surface area contributed by atoms with Crippen LogP contribution in [0.1, 0.15) is 30.1 Å². The van der Waals surface area contributed by atoms with Crippen molar-refractivity contribution in [3.05, 3.63) is 42.2 Å². The first-order chi connectivity index (χ1) is 10.6. The standard InChI is InChI=1S/C16H19FN4O/c1-12(22)16-14(17)3-2-4-15(16)20-7-5-13(6-8-20)9-21-11-18-10-19-21/h2-4,10-11,13H,5-9H2,1H3. The molecule has 116 valence electrons. The molecule has 0 amide bonds. The van der Waals surface area contributed by atoms with Crippen LogP contribution in [0.2, 0.25) is 0 Å². The van der Waals surface area contributed by atoms with Crippen LogP contribution in [-0.2, 0) is 6.54 Å². The van der Waals surface area contributed by atoms with Gasteiger partial charge < -0.3 is 4.90 Å². The third-order valence-electron chi connectivity index (χ3n) is 4.21. The molecule has 0 aliphatic carbocycles. The van der Waals surface area contributed by atoms with Crippen molar-refractivity contribution in [2.75, 3.05) is 18.0 Å². The van der Waals surface area contributed by atoms with Gasteiger partial charge in [0.2, 0.25) is 0 Å². The molecule has 1 fully saturated rings. The lowest BCUT2D eigenvalue weighted by Crippen LogP contribution is -2.36. The molecule has 2 aromatic rings. The van der Waals surface area contributed by atoms with Gasteiger partial charge in [0.05, 0.1) is 11.3 Å². The van der Waals surface area contributed by atoms with Crippen molar-refractivity contribution >= 4 is 11.5 Å². The van der Waals surface area contributed by atoms with Crippen LogP contribution in [0.15, 0.2) is 30.9 Å². The second-order valence-electron chi connectivity index (χ2n) is 5.74. The maximum atomic E-state index is 13.9. The smallest absolute Gasteiger partial charge is 0.164 e. The largest absolute Gasteiger partial charge is 0.371 e. The van der Waals surface area contributed by atoms with Crippen molar-refractivity contribution in [3.8, 4) is 0 Å². The first-order valence-electron chi connectivity index (χ1n) is 7.52. The lowest BCUT2D eigenvalue weighted by molar-refractivity contribution is 0.101. The number of carbonyl (C=O) groups excluding carboxylic acids is 1. The molecule has 0 bridgehead atoms. The Kier molecular flexibility index (Phi) is 4.18. The Morgan fingerprint density at radius 3 is 2.77 bits per heavy atom. The quantitative estimate of drug-likeness (QED) is 0.814. The van der Waals surface area contributed by atoms with E-state index in [0.29, 0.717) is 11.6 Å². The summed E-state index contributed by atoms with van der Waals surface area (Å²) >= 11 is 0. The van der Waals surface area contributed by atoms with E-state index < -0.39 is 5.82 Å². The Labute approximate surface area is 128 Å². The van der Waals surface area contributed by atoms with Gasteiger partial charge in [-0.15, -0.1) is 0 Å². The number of nitrogens with zero attached hydrogens (tertiary/aromatic N) is 4. The van der Waals surface area contributed by atoms with E-state index in [-0.39, 0.29) is 11.3 Å². The fourth-order valence-electron chi connectivity index (χ4n) is 3.07. The van der Waals surface area contributed by atoms with Crippen molar-refractivity contribution in [1.29, 1.82) is 0 Å². The summed E-state index contributed by atoms with van der Waals surface area (Å²) in [4.78, 5) is 17.8. The Morgan fingerprint density at radius 1 is 1.36 bits per heavy atom. The van der Waals surface area contributed by atoms with Crippen LogP contribution in [0.3, 0.4) is 0 Å². The van der Waals surface area contributed by atoms with E-state index in [1.807, 2.05) is 10.7 Å². The van der Waals surface area contributed by atoms with E-state index in [9.17, 15) is 9.18 Å². The van der Waals surface area contributed by atoms with Gasteiger partial charge in [0, 0.05) is 19.6 Å². The predicted octanol–water partition coefficient (Wildman–Crippen LogP) is 2.54. The maximum Gasteiger partial charge on any atom is 0.164 e. The van der Waals surface area contributed by atoms with Crippen LogP contribution in [0.4, 0.5) is 10.1 Å². The van der Waals surface area contributed by atoms with Crippen LogP contribution < -0.4 is 4.90 Å². The molecule has 0 N–H and O–H groups in total. The lowest BCUT2D eigenvalue weighted by Gasteiger charge is -2.34. The summed E-state index contributed by atoms with van der Waals surface area (Å²) in [6.45, 7) is 3.92. The highest BCUT2D eigenvalue weighted by Crippen LogP contribution is 2.28. The molecule has 3 rings (SSSR count). The number of aromatic nitrogens is 3. The SMILES string of the molecule is CC(=O)c1c(F)cccc1N1CCC(Cn2cncn2)CC1. The van der Waals surface area contributed by atoms with Gasteiger partial charge in [-0.2, -0.15) is 5.10 Å². The predicted molar refractivity (Wildman–Crippen MR) is 81.4 cm³/mol. The molecular formula is C16H19FN4O. The Bertz CT molecular complexity index is 648. The van der Waals surface area contributed by atoms with Gasteiger partial charge in [-0.05, 0) is 37.8 Å². The molecule has 5 nitrogen and oxygen atoms in total. The number of rotatable bonds is 4. The Morgan fingerprint density at radius 2 is 2.14 bits per heavy atom. The molecule has 0 radical (unpaired) electrons. The van der Waals surface area contributed by atoms with Crippen LogP contribution in [0.5, 0.6) is 0 Å². The summed E-state index contributed by atoms with van der Waals surface area (Å²) in [5, 5.41) is 4.13. The van der Waals surface area contributed by atoms with Crippen LogP contribution >= 0.6 is 0 Å². The normalized spacial score (nSPS) is 16.0. The summed E-state index contributed by atoms with van der Waals surface area (Å²) < 4.78 is 15.8. The van der Waals surface area contributed by atoms with E-state index in [2.05, 4.69) is 15.0 Å². The zero-order valence-corrected chi connectivity index (χ0v) is 12.6. The molecule has 1 aromatic carbocycles. The monoisotopic (exact) mass is 302 g/mol. The maximum absolute atomic E-state index is 13.9. The second-order valence-corrected chi connectivity index (χ2v) is 5.74. The third-order valence-corrected chi connectivity index (χ3v) is 4.21. The Hall–Kier alpha value is -2.24. The van der Waals surface area contributed by atoms with Gasteiger partial charge in [0.1, 0.15) is 18.5 Å². The molecule has 0 saturated carbocycles. The van der Waals surface area contributed by atoms with E-state index in [4.69, 9.17) is 0 Å². The molecule has 0 unspecified atom stereocenters. The molecule has 1 saturated heterocycles. The first kappa shape index (κ1) is 14.7. The second kappa shape index (κ2) is 6.25. The van der Waals surface area contributed by atoms with Gasteiger partial charge in [-0.25, -0.2) is 9.37 Å². The van der Waals surface area contributed by atoms with Gasteiger partial charge in [0.15, 0.2) is 5.78 Å². The van der Waals surface area contributed by atoms with Crippen LogP contribution in [0, 0.1) is 11.7 Å². The fraction of sp³-hybridized carbons (Fsp3) is 0.438. The van der Waals surface area contributed by atoms with E-state index >= 15 is 0 Å². The first-order valence-corrected chi connectivity index (χ1v) is 7.52. The van der Waals surface area contributed by atoms with E-state index in [1.165, 1.54) is 13.0 Å². The molecule has 0 spiro atoms. The highest BCUT2D eigenvalue weighted by atomic mass is 19.1. The van der Waals surface area contributed by atoms with Crippen molar-refractivity contribution in [3.63, 3.8) is 0 Å². The number of hydrogen-bond acceptors (Lipinski definition) is 4. The summed E-state index contributed by atoms with van der Waals surface area (Å²) in [7, 11) is 0. The minimum atomic E-state index is -0.435. The molecule has 0 atom stereocenters. The highest BCUT2D eigenvalue weighted by molar-refractivity contribution is 6.00. The van der Waals surface area contributed by atoms with Crippen molar-refractivity contribution in [2.45, 2.75) is 26.3 Å². The van der Waals surface area contributed by atoms with Crippen molar-refractivity contribution < 1.29 is 9.18 Å². The number of carbonyl (C=O) groups is 1. The van der Waals surface area contributed by atoms with Gasteiger partial charge in [-0.1, -0.05) is 6.07 Å². The number of piperidine rings is 1. The average Bonchev–Trinajstić information content (AvgIpc) is 3.00. The summed E-state index contributed by atoms with van der Waals surface area (Å²) in [5.41, 5.74) is 0.920. The molecule has 1 aliphatic heterocycles. The number of hydrogen-bond donors (Lipinski definition) is 0. The molecular weight excluding hydrogens is 283 g/mol. The highest BCUT2D eigenvalue weighted by Gasteiger charge is 2.24. The molecule has 22 heavy (non-hydrogen) atoms. The van der Waals surface area contributed by atoms with Crippen LogP contribution in [-0.4, -0.2) is 33.6 Å². The third kappa shape index (κ3) is 3.00. The zero-order valence-electron chi connectivity index (χ0n) is 12.6. The van der Waals surface area contributed by atoms with Crippen molar-refractivity contribution in [2.24, 2.45) is 5.92 Å². The number of ketones is 1. The van der Waals surface area contributed by atoms with Gasteiger partial charge in [0.25, 0.3) is 0 Å². The minimum Gasteiger partial charge on any atom is -0.371 e. The number of Topliss-reactive ketones (excluding diaryl/α,β-unsaturated/α-hetero) is 1. The molecule has 6 heteroatoms. The van der Waals surface area contributed by atoms with Gasteiger partial charge in [-0.3, -0.25) is 9.48 Å². The lowest BCUT2D eigenvalue weighted by atomic mass is 9.95. The molecule has 1 aromatic heterocycles. The van der Waals surface area contributed by atoms with Gasteiger partial charge >= 0.3 is 0 Å². The van der Waals surface area contributed by atoms with E-state index in [0.717, 1.165) is 32.5 Å². The van der Waals surface area contributed by atoms with E-state index in [1.54, 1.807) is 18.7 Å². The Balaban J connectivity index is 1.69.